The van der Waals surface area contributed by atoms with E-state index in [1.54, 1.807) is 16.3 Å². The monoisotopic (exact) mass is 338 g/mol. The zero-order chi connectivity index (χ0) is 16.0. The van der Waals surface area contributed by atoms with Crippen molar-refractivity contribution in [1.29, 1.82) is 0 Å². The van der Waals surface area contributed by atoms with Crippen molar-refractivity contribution in [3.05, 3.63) is 53.4 Å². The van der Waals surface area contributed by atoms with Gasteiger partial charge in [0.05, 0.1) is 6.54 Å². The molecule has 2 rings (SSSR count). The summed E-state index contributed by atoms with van der Waals surface area (Å²) in [5.74, 6) is -0.244. The van der Waals surface area contributed by atoms with E-state index >= 15 is 0 Å². The standard InChI is InChI=1S/C15H18N2O3S2/c1-2-17(12-13-7-4-3-5-8-13)14(18)11-16-22(19,20)15-9-6-10-21-15/h3-10,16H,2,11-12H2,1H3. The predicted octanol–water partition coefficient (Wildman–Crippen LogP) is 2.08. The minimum Gasteiger partial charge on any atom is -0.338 e. The van der Waals surface area contributed by atoms with Gasteiger partial charge in [0.2, 0.25) is 5.91 Å². The lowest BCUT2D eigenvalue weighted by Gasteiger charge is -2.21. The number of benzene rings is 1. The highest BCUT2D eigenvalue weighted by Gasteiger charge is 2.19. The number of carbonyl (C=O) groups excluding carboxylic acids is 1. The molecule has 0 unspecified atom stereocenters. The maximum atomic E-state index is 12.2. The Morgan fingerprint density at radius 3 is 2.50 bits per heavy atom. The molecule has 1 aromatic carbocycles. The van der Waals surface area contributed by atoms with E-state index in [-0.39, 0.29) is 16.7 Å². The summed E-state index contributed by atoms with van der Waals surface area (Å²) < 4.78 is 26.6. The lowest BCUT2D eigenvalue weighted by molar-refractivity contribution is -0.130. The molecule has 0 fully saturated rings. The van der Waals surface area contributed by atoms with Crippen LogP contribution in [0.4, 0.5) is 0 Å². The SMILES string of the molecule is CCN(Cc1ccccc1)C(=O)CNS(=O)(=O)c1cccs1. The average Bonchev–Trinajstić information content (AvgIpc) is 3.07. The van der Waals surface area contributed by atoms with Crippen LogP contribution in [0.25, 0.3) is 0 Å². The number of thiophene rings is 1. The molecular formula is C15H18N2O3S2. The van der Waals surface area contributed by atoms with E-state index in [2.05, 4.69) is 4.72 Å². The van der Waals surface area contributed by atoms with Gasteiger partial charge in [-0.05, 0) is 23.9 Å². The highest BCUT2D eigenvalue weighted by molar-refractivity contribution is 7.91. The predicted molar refractivity (Wildman–Crippen MR) is 87.0 cm³/mol. The van der Waals surface area contributed by atoms with Crippen LogP contribution in [0, 0.1) is 0 Å². The van der Waals surface area contributed by atoms with Crippen LogP contribution in [0.2, 0.25) is 0 Å². The van der Waals surface area contributed by atoms with E-state index < -0.39 is 10.0 Å². The number of nitrogens with zero attached hydrogens (tertiary/aromatic N) is 1. The fraction of sp³-hybridized carbons (Fsp3) is 0.267. The number of carbonyl (C=O) groups is 1. The Hall–Kier alpha value is -1.70. The lowest BCUT2D eigenvalue weighted by atomic mass is 10.2. The summed E-state index contributed by atoms with van der Waals surface area (Å²) in [6.07, 6.45) is 0. The van der Waals surface area contributed by atoms with Gasteiger partial charge >= 0.3 is 0 Å². The van der Waals surface area contributed by atoms with Crippen molar-refractivity contribution >= 4 is 27.3 Å². The zero-order valence-electron chi connectivity index (χ0n) is 12.2. The average molecular weight is 338 g/mol. The lowest BCUT2D eigenvalue weighted by Crippen LogP contribution is -2.39. The van der Waals surface area contributed by atoms with Crippen molar-refractivity contribution in [2.45, 2.75) is 17.7 Å². The molecule has 0 aliphatic rings. The molecule has 5 nitrogen and oxygen atoms in total. The van der Waals surface area contributed by atoms with E-state index in [1.165, 1.54) is 6.07 Å². The minimum absolute atomic E-state index is 0.214. The highest BCUT2D eigenvalue weighted by atomic mass is 32.2. The molecule has 2 aromatic rings. The maximum absolute atomic E-state index is 12.2. The molecule has 0 saturated carbocycles. The Balaban J connectivity index is 1.95. The number of rotatable bonds is 7. The first-order chi connectivity index (χ1) is 10.5. The fourth-order valence-corrected chi connectivity index (χ4v) is 3.95. The van der Waals surface area contributed by atoms with Gasteiger partial charge < -0.3 is 4.90 Å². The van der Waals surface area contributed by atoms with Gasteiger partial charge in [-0.15, -0.1) is 11.3 Å². The van der Waals surface area contributed by atoms with Gasteiger partial charge in [-0.25, -0.2) is 13.1 Å². The largest absolute Gasteiger partial charge is 0.338 e. The Kier molecular flexibility index (Phi) is 5.70. The van der Waals surface area contributed by atoms with Crippen molar-refractivity contribution in [2.24, 2.45) is 0 Å². The van der Waals surface area contributed by atoms with Crippen LogP contribution in [0.5, 0.6) is 0 Å². The topological polar surface area (TPSA) is 66.5 Å². The molecule has 22 heavy (non-hydrogen) atoms. The first kappa shape index (κ1) is 16.7. The van der Waals surface area contributed by atoms with Crippen LogP contribution >= 0.6 is 11.3 Å². The normalized spacial score (nSPS) is 11.3. The smallest absolute Gasteiger partial charge is 0.250 e. The van der Waals surface area contributed by atoms with E-state index in [0.717, 1.165) is 16.9 Å². The van der Waals surface area contributed by atoms with Crippen LogP contribution in [0.1, 0.15) is 12.5 Å². The van der Waals surface area contributed by atoms with Crippen LogP contribution < -0.4 is 4.72 Å². The molecule has 1 heterocycles. The van der Waals surface area contributed by atoms with Crippen LogP contribution in [-0.4, -0.2) is 32.3 Å². The van der Waals surface area contributed by atoms with E-state index in [9.17, 15) is 13.2 Å². The maximum Gasteiger partial charge on any atom is 0.250 e. The molecule has 0 saturated heterocycles. The van der Waals surface area contributed by atoms with Crippen molar-refractivity contribution in [2.75, 3.05) is 13.1 Å². The fourth-order valence-electron chi connectivity index (χ4n) is 1.94. The van der Waals surface area contributed by atoms with Crippen LogP contribution in [0.15, 0.2) is 52.1 Å². The second-order valence-corrected chi connectivity index (χ2v) is 7.59. The van der Waals surface area contributed by atoms with Gasteiger partial charge in [-0.3, -0.25) is 4.79 Å². The minimum atomic E-state index is -3.61. The molecule has 1 amide bonds. The summed E-state index contributed by atoms with van der Waals surface area (Å²) in [4.78, 5) is 13.8. The molecule has 1 aromatic heterocycles. The molecule has 118 valence electrons. The highest BCUT2D eigenvalue weighted by Crippen LogP contribution is 2.15. The molecule has 7 heteroatoms. The number of sulfonamides is 1. The second kappa shape index (κ2) is 7.53. The summed E-state index contributed by atoms with van der Waals surface area (Å²) in [6, 6.07) is 12.8. The third-order valence-electron chi connectivity index (χ3n) is 3.12. The van der Waals surface area contributed by atoms with E-state index in [1.807, 2.05) is 37.3 Å². The van der Waals surface area contributed by atoms with Crippen molar-refractivity contribution < 1.29 is 13.2 Å². The first-order valence-electron chi connectivity index (χ1n) is 6.88. The van der Waals surface area contributed by atoms with Crippen molar-refractivity contribution in [1.82, 2.24) is 9.62 Å². The Labute approximate surface area is 134 Å². The zero-order valence-corrected chi connectivity index (χ0v) is 13.9. The Bertz CT molecular complexity index is 698. The van der Waals surface area contributed by atoms with Gasteiger partial charge in [-0.1, -0.05) is 36.4 Å². The molecule has 0 spiro atoms. The molecule has 0 bridgehead atoms. The van der Waals surface area contributed by atoms with Crippen molar-refractivity contribution in [3.63, 3.8) is 0 Å². The summed E-state index contributed by atoms with van der Waals surface area (Å²) >= 11 is 1.12. The van der Waals surface area contributed by atoms with Crippen LogP contribution in [0.3, 0.4) is 0 Å². The second-order valence-electron chi connectivity index (χ2n) is 4.65. The van der Waals surface area contributed by atoms with E-state index in [4.69, 9.17) is 0 Å². The van der Waals surface area contributed by atoms with Gasteiger partial charge in [0, 0.05) is 13.1 Å². The summed E-state index contributed by atoms with van der Waals surface area (Å²) in [6.45, 7) is 2.63. The summed E-state index contributed by atoms with van der Waals surface area (Å²) in [5, 5.41) is 1.68. The molecular weight excluding hydrogens is 320 g/mol. The molecule has 0 atom stereocenters. The molecule has 1 N–H and O–H groups in total. The number of hydrogen-bond acceptors (Lipinski definition) is 4. The first-order valence-corrected chi connectivity index (χ1v) is 9.24. The number of hydrogen-bond donors (Lipinski definition) is 1. The number of likely N-dealkylation sites (N-methyl/N-ethyl adjacent to an activating group) is 1. The van der Waals surface area contributed by atoms with Gasteiger partial charge in [0.1, 0.15) is 4.21 Å². The van der Waals surface area contributed by atoms with Crippen molar-refractivity contribution in [3.8, 4) is 0 Å². The Morgan fingerprint density at radius 1 is 1.18 bits per heavy atom. The molecule has 0 radical (unpaired) electrons. The molecule has 0 aliphatic heterocycles. The third-order valence-corrected chi connectivity index (χ3v) is 5.92. The van der Waals surface area contributed by atoms with Gasteiger partial charge in [0.15, 0.2) is 0 Å². The van der Waals surface area contributed by atoms with Crippen LogP contribution in [-0.2, 0) is 21.4 Å². The van der Waals surface area contributed by atoms with E-state index in [0.29, 0.717) is 13.1 Å². The summed E-state index contributed by atoms with van der Waals surface area (Å²) in [5.41, 5.74) is 1.01. The Morgan fingerprint density at radius 2 is 1.91 bits per heavy atom. The number of amides is 1. The number of nitrogens with one attached hydrogen (secondary N) is 1. The third kappa shape index (κ3) is 4.40. The molecule has 0 aliphatic carbocycles. The summed E-state index contributed by atoms with van der Waals surface area (Å²) in [7, 11) is -3.61. The van der Waals surface area contributed by atoms with Gasteiger partial charge in [0.25, 0.3) is 10.0 Å². The quantitative estimate of drug-likeness (QED) is 0.840. The van der Waals surface area contributed by atoms with Gasteiger partial charge in [-0.2, -0.15) is 0 Å².